The third-order valence-electron chi connectivity index (χ3n) is 4.19. The first-order valence-corrected chi connectivity index (χ1v) is 8.90. The SMILES string of the molecule is COc1ccc(CCC(=O)Nc2ccc(Oc3ccc(C)cc3)cc2)cc1. The van der Waals surface area contributed by atoms with E-state index in [2.05, 4.69) is 5.32 Å². The number of aryl methyl sites for hydroxylation is 2. The molecule has 0 fully saturated rings. The maximum atomic E-state index is 12.1. The average molecular weight is 361 g/mol. The lowest BCUT2D eigenvalue weighted by Gasteiger charge is -2.09. The zero-order chi connectivity index (χ0) is 19.1. The van der Waals surface area contributed by atoms with Crippen molar-refractivity contribution in [3.63, 3.8) is 0 Å². The second kappa shape index (κ2) is 8.90. The first-order valence-electron chi connectivity index (χ1n) is 8.90. The van der Waals surface area contributed by atoms with Crippen molar-refractivity contribution in [1.29, 1.82) is 0 Å². The van der Waals surface area contributed by atoms with E-state index in [0.717, 1.165) is 28.5 Å². The smallest absolute Gasteiger partial charge is 0.224 e. The van der Waals surface area contributed by atoms with Crippen molar-refractivity contribution in [3.8, 4) is 17.2 Å². The fourth-order valence-corrected chi connectivity index (χ4v) is 2.62. The number of benzene rings is 3. The van der Waals surface area contributed by atoms with E-state index >= 15 is 0 Å². The predicted molar refractivity (Wildman–Crippen MR) is 108 cm³/mol. The molecule has 0 aliphatic heterocycles. The van der Waals surface area contributed by atoms with Crippen LogP contribution in [0.5, 0.6) is 17.2 Å². The molecule has 0 bridgehead atoms. The fraction of sp³-hybridized carbons (Fsp3) is 0.174. The summed E-state index contributed by atoms with van der Waals surface area (Å²) < 4.78 is 10.9. The van der Waals surface area contributed by atoms with E-state index in [-0.39, 0.29) is 5.91 Å². The van der Waals surface area contributed by atoms with Gasteiger partial charge in [0.15, 0.2) is 0 Å². The van der Waals surface area contributed by atoms with Gasteiger partial charge >= 0.3 is 0 Å². The van der Waals surface area contributed by atoms with Gasteiger partial charge in [-0.2, -0.15) is 0 Å². The van der Waals surface area contributed by atoms with Crippen molar-refractivity contribution in [2.75, 3.05) is 12.4 Å². The Balaban J connectivity index is 1.49. The summed E-state index contributed by atoms with van der Waals surface area (Å²) in [5.74, 6) is 2.32. The summed E-state index contributed by atoms with van der Waals surface area (Å²) in [7, 11) is 1.64. The molecule has 1 amide bonds. The molecular weight excluding hydrogens is 338 g/mol. The van der Waals surface area contributed by atoms with Crippen LogP contribution in [0.1, 0.15) is 17.5 Å². The van der Waals surface area contributed by atoms with Gasteiger partial charge in [0.05, 0.1) is 7.11 Å². The highest BCUT2D eigenvalue weighted by atomic mass is 16.5. The minimum atomic E-state index is -0.0157. The van der Waals surface area contributed by atoms with Crippen LogP contribution < -0.4 is 14.8 Å². The lowest BCUT2D eigenvalue weighted by molar-refractivity contribution is -0.116. The fourth-order valence-electron chi connectivity index (χ4n) is 2.62. The maximum absolute atomic E-state index is 12.1. The highest BCUT2D eigenvalue weighted by Crippen LogP contribution is 2.23. The van der Waals surface area contributed by atoms with Gasteiger partial charge in [0.1, 0.15) is 17.2 Å². The number of carbonyl (C=O) groups excluding carboxylic acids is 1. The van der Waals surface area contributed by atoms with Gasteiger partial charge < -0.3 is 14.8 Å². The van der Waals surface area contributed by atoms with Gasteiger partial charge in [-0.25, -0.2) is 0 Å². The van der Waals surface area contributed by atoms with Crippen LogP contribution in [0.3, 0.4) is 0 Å². The number of rotatable bonds is 7. The van der Waals surface area contributed by atoms with Gasteiger partial charge in [0.25, 0.3) is 0 Å². The molecule has 138 valence electrons. The second-order valence-electron chi connectivity index (χ2n) is 6.34. The number of amides is 1. The van der Waals surface area contributed by atoms with Crippen LogP contribution in [-0.2, 0) is 11.2 Å². The predicted octanol–water partition coefficient (Wildman–Crippen LogP) is 5.37. The van der Waals surface area contributed by atoms with E-state index < -0.39 is 0 Å². The summed E-state index contributed by atoms with van der Waals surface area (Å²) in [5, 5.41) is 2.91. The first-order chi connectivity index (χ1) is 13.1. The van der Waals surface area contributed by atoms with Gasteiger partial charge in [0, 0.05) is 12.1 Å². The van der Waals surface area contributed by atoms with Crippen molar-refractivity contribution < 1.29 is 14.3 Å². The molecule has 4 nitrogen and oxygen atoms in total. The molecule has 0 radical (unpaired) electrons. The van der Waals surface area contributed by atoms with Crippen molar-refractivity contribution in [2.24, 2.45) is 0 Å². The summed E-state index contributed by atoms with van der Waals surface area (Å²) in [6.45, 7) is 2.04. The van der Waals surface area contributed by atoms with E-state index in [1.807, 2.05) is 79.7 Å². The molecule has 3 aromatic rings. The Morgan fingerprint density at radius 2 is 1.37 bits per heavy atom. The molecular formula is C23H23NO3. The molecule has 0 atom stereocenters. The molecule has 27 heavy (non-hydrogen) atoms. The zero-order valence-corrected chi connectivity index (χ0v) is 15.6. The number of nitrogens with one attached hydrogen (secondary N) is 1. The lowest BCUT2D eigenvalue weighted by atomic mass is 10.1. The molecule has 3 rings (SSSR count). The summed E-state index contributed by atoms with van der Waals surface area (Å²) in [6, 6.07) is 23.0. The molecule has 1 N–H and O–H groups in total. The molecule has 0 unspecified atom stereocenters. The molecule has 0 aliphatic carbocycles. The lowest BCUT2D eigenvalue weighted by Crippen LogP contribution is -2.12. The van der Waals surface area contributed by atoms with Crippen molar-refractivity contribution in [1.82, 2.24) is 0 Å². The molecule has 3 aromatic carbocycles. The second-order valence-corrected chi connectivity index (χ2v) is 6.34. The summed E-state index contributed by atoms with van der Waals surface area (Å²) >= 11 is 0. The van der Waals surface area contributed by atoms with Crippen molar-refractivity contribution >= 4 is 11.6 Å². The highest BCUT2D eigenvalue weighted by molar-refractivity contribution is 5.90. The number of hydrogen-bond donors (Lipinski definition) is 1. The Labute approximate surface area is 159 Å². The Bertz CT molecular complexity index is 869. The topological polar surface area (TPSA) is 47.6 Å². The first kappa shape index (κ1) is 18.5. The molecule has 0 spiro atoms. The van der Waals surface area contributed by atoms with Crippen LogP contribution in [0.25, 0.3) is 0 Å². The normalized spacial score (nSPS) is 10.3. The van der Waals surface area contributed by atoms with Gasteiger partial charge in [-0.15, -0.1) is 0 Å². The third kappa shape index (κ3) is 5.61. The Morgan fingerprint density at radius 3 is 1.96 bits per heavy atom. The number of methoxy groups -OCH3 is 1. The van der Waals surface area contributed by atoms with Crippen LogP contribution >= 0.6 is 0 Å². The van der Waals surface area contributed by atoms with E-state index in [0.29, 0.717) is 12.8 Å². The highest BCUT2D eigenvalue weighted by Gasteiger charge is 2.04. The Hall–Kier alpha value is -3.27. The summed E-state index contributed by atoms with van der Waals surface area (Å²) in [6.07, 6.45) is 1.11. The van der Waals surface area contributed by atoms with Crippen LogP contribution in [-0.4, -0.2) is 13.0 Å². The molecule has 0 saturated heterocycles. The van der Waals surface area contributed by atoms with Crippen LogP contribution in [0.15, 0.2) is 72.8 Å². The molecule has 0 heterocycles. The Kier molecular flexibility index (Phi) is 6.10. The van der Waals surface area contributed by atoms with E-state index in [1.165, 1.54) is 5.56 Å². The molecule has 0 aliphatic rings. The maximum Gasteiger partial charge on any atom is 0.224 e. The van der Waals surface area contributed by atoms with Crippen LogP contribution in [0.2, 0.25) is 0 Å². The van der Waals surface area contributed by atoms with Crippen LogP contribution in [0.4, 0.5) is 5.69 Å². The van der Waals surface area contributed by atoms with E-state index in [1.54, 1.807) is 7.11 Å². The molecule has 0 saturated carbocycles. The van der Waals surface area contributed by atoms with Gasteiger partial charge in [-0.3, -0.25) is 4.79 Å². The van der Waals surface area contributed by atoms with Crippen LogP contribution in [0, 0.1) is 6.92 Å². The quantitative estimate of drug-likeness (QED) is 0.616. The third-order valence-corrected chi connectivity index (χ3v) is 4.19. The minimum absolute atomic E-state index is 0.0157. The van der Waals surface area contributed by atoms with E-state index in [4.69, 9.17) is 9.47 Å². The average Bonchev–Trinajstić information content (AvgIpc) is 2.70. The number of hydrogen-bond acceptors (Lipinski definition) is 3. The van der Waals surface area contributed by atoms with Gasteiger partial charge in [0.2, 0.25) is 5.91 Å². The van der Waals surface area contributed by atoms with Crippen molar-refractivity contribution in [3.05, 3.63) is 83.9 Å². The molecule has 4 heteroatoms. The standard InChI is InChI=1S/C23H23NO3/c1-17-3-10-21(11-4-17)27-22-14-8-19(9-15-22)24-23(25)16-7-18-5-12-20(26-2)13-6-18/h3-6,8-15H,7,16H2,1-2H3,(H,24,25). The van der Waals surface area contributed by atoms with Crippen molar-refractivity contribution in [2.45, 2.75) is 19.8 Å². The summed E-state index contributed by atoms with van der Waals surface area (Å²) in [5.41, 5.74) is 3.05. The van der Waals surface area contributed by atoms with E-state index in [9.17, 15) is 4.79 Å². The number of ether oxygens (including phenoxy) is 2. The Morgan fingerprint density at radius 1 is 0.815 bits per heavy atom. The summed E-state index contributed by atoms with van der Waals surface area (Å²) in [4.78, 5) is 12.1. The number of anilines is 1. The molecule has 0 aromatic heterocycles. The number of carbonyl (C=O) groups is 1. The monoisotopic (exact) mass is 361 g/mol. The van der Waals surface area contributed by atoms with Gasteiger partial charge in [-0.1, -0.05) is 29.8 Å². The zero-order valence-electron chi connectivity index (χ0n) is 15.6. The van der Waals surface area contributed by atoms with Gasteiger partial charge in [-0.05, 0) is 67.4 Å². The largest absolute Gasteiger partial charge is 0.497 e. The minimum Gasteiger partial charge on any atom is -0.497 e.